The Labute approximate surface area is 327 Å². The van der Waals surface area contributed by atoms with Gasteiger partial charge in [-0.1, -0.05) is 20.4 Å². The lowest BCUT2D eigenvalue weighted by Crippen LogP contribution is -2.56. The van der Waals surface area contributed by atoms with Gasteiger partial charge in [0.05, 0.1) is 17.1 Å². The lowest BCUT2D eigenvalue weighted by molar-refractivity contribution is -0.111. The summed E-state index contributed by atoms with van der Waals surface area (Å²) < 4.78 is 9.79. The van der Waals surface area contributed by atoms with Gasteiger partial charge in [0.1, 0.15) is 11.5 Å². The Balaban J connectivity index is 1.000. The van der Waals surface area contributed by atoms with E-state index in [1.54, 1.807) is 12.4 Å². The van der Waals surface area contributed by atoms with Crippen molar-refractivity contribution in [2.45, 2.75) is 72.0 Å². The molecule has 13 heteroatoms. The summed E-state index contributed by atoms with van der Waals surface area (Å²) in [6.07, 6.45) is 12.8. The van der Waals surface area contributed by atoms with E-state index in [0.717, 1.165) is 93.3 Å². The van der Waals surface area contributed by atoms with Crippen molar-refractivity contribution < 1.29 is 14.3 Å². The molecule has 5 aromatic rings. The van der Waals surface area contributed by atoms with Crippen molar-refractivity contribution in [2.75, 3.05) is 59.8 Å². The fourth-order valence-electron chi connectivity index (χ4n) is 9.34. The van der Waals surface area contributed by atoms with Gasteiger partial charge in [-0.3, -0.25) is 19.4 Å². The number of imidazole rings is 1. The Morgan fingerprint density at radius 2 is 1.88 bits per heavy atom. The number of nitrogens with one attached hydrogen (secondary N) is 2. The molecule has 3 aliphatic heterocycles. The highest BCUT2D eigenvalue weighted by atomic mass is 16.5. The van der Waals surface area contributed by atoms with Crippen molar-refractivity contribution in [1.82, 2.24) is 28.8 Å². The Bertz CT molecular complexity index is 2350. The number of amides is 2. The summed E-state index contributed by atoms with van der Waals surface area (Å²) in [7, 11) is 0. The Morgan fingerprint density at radius 3 is 2.68 bits per heavy atom. The molecular formula is C43H50N10O3. The van der Waals surface area contributed by atoms with E-state index in [-0.39, 0.29) is 23.3 Å². The van der Waals surface area contributed by atoms with Crippen molar-refractivity contribution in [2.24, 2.45) is 5.41 Å². The predicted octanol–water partition coefficient (Wildman–Crippen LogP) is 6.24. The zero-order valence-corrected chi connectivity index (χ0v) is 32.7. The summed E-state index contributed by atoms with van der Waals surface area (Å²) in [5, 5.41) is 6.58. The average molecular weight is 755 g/mol. The van der Waals surface area contributed by atoms with Gasteiger partial charge in [0.2, 0.25) is 5.91 Å². The SMILES string of the molecule is C=CC(=O)Nc1cc(Nc2nc(-c3ccnc(N4CCn5c(cc6c5CC(C)(C)C6)C4=O)c3C)cn3ccnc23)ccc1N1CCN(C2CCOCC2)CC1C. The summed E-state index contributed by atoms with van der Waals surface area (Å²) in [4.78, 5) is 48.0. The van der Waals surface area contributed by atoms with Crippen LogP contribution in [0.3, 0.4) is 0 Å². The van der Waals surface area contributed by atoms with Crippen LogP contribution in [0.2, 0.25) is 0 Å². The van der Waals surface area contributed by atoms with Crippen LogP contribution in [0, 0.1) is 12.3 Å². The summed E-state index contributed by atoms with van der Waals surface area (Å²) >= 11 is 0. The number of piperazine rings is 1. The highest BCUT2D eigenvalue weighted by Crippen LogP contribution is 2.40. The molecule has 7 heterocycles. The number of pyridine rings is 1. The van der Waals surface area contributed by atoms with Gasteiger partial charge in [0.15, 0.2) is 11.5 Å². The molecule has 56 heavy (non-hydrogen) atoms. The normalized spacial score (nSPS) is 19.9. The van der Waals surface area contributed by atoms with Gasteiger partial charge in [-0.15, -0.1) is 0 Å². The van der Waals surface area contributed by atoms with Gasteiger partial charge in [-0.2, -0.15) is 0 Å². The molecule has 9 rings (SSSR count). The van der Waals surface area contributed by atoms with Crippen LogP contribution in [-0.4, -0.2) is 92.1 Å². The molecule has 1 aliphatic carbocycles. The maximum absolute atomic E-state index is 14.0. The third-order valence-corrected chi connectivity index (χ3v) is 12.1. The van der Waals surface area contributed by atoms with Crippen molar-refractivity contribution in [3.05, 3.63) is 90.3 Å². The Morgan fingerprint density at radius 1 is 1.04 bits per heavy atom. The molecule has 4 aliphatic rings. The number of ether oxygens (including phenoxy) is 1. The first-order chi connectivity index (χ1) is 27.1. The van der Waals surface area contributed by atoms with Gasteiger partial charge in [-0.05, 0) is 86.9 Å². The molecular weight excluding hydrogens is 705 g/mol. The number of aromatic nitrogens is 5. The summed E-state index contributed by atoms with van der Waals surface area (Å²) in [5.41, 5.74) is 9.08. The number of carbonyl (C=O) groups is 2. The van der Waals surface area contributed by atoms with Crippen molar-refractivity contribution >= 4 is 46.2 Å². The average Bonchev–Trinajstić information content (AvgIpc) is 3.89. The molecule has 4 aromatic heterocycles. The monoisotopic (exact) mass is 754 g/mol. The van der Waals surface area contributed by atoms with E-state index in [0.29, 0.717) is 41.3 Å². The van der Waals surface area contributed by atoms with Crippen LogP contribution in [0.25, 0.3) is 16.9 Å². The van der Waals surface area contributed by atoms with E-state index in [1.165, 1.54) is 17.3 Å². The van der Waals surface area contributed by atoms with E-state index in [9.17, 15) is 9.59 Å². The second kappa shape index (κ2) is 14.2. The molecule has 2 amide bonds. The highest BCUT2D eigenvalue weighted by molar-refractivity contribution is 6.06. The number of anilines is 5. The largest absolute Gasteiger partial charge is 0.381 e. The molecule has 0 saturated carbocycles. The second-order valence-electron chi connectivity index (χ2n) is 16.5. The summed E-state index contributed by atoms with van der Waals surface area (Å²) in [6, 6.07) is 10.9. The third kappa shape index (κ3) is 6.52. The smallest absolute Gasteiger partial charge is 0.276 e. The predicted molar refractivity (Wildman–Crippen MR) is 219 cm³/mol. The second-order valence-corrected chi connectivity index (χ2v) is 16.5. The van der Waals surface area contributed by atoms with Gasteiger partial charge >= 0.3 is 0 Å². The first-order valence-corrected chi connectivity index (χ1v) is 19.8. The maximum atomic E-state index is 14.0. The van der Waals surface area contributed by atoms with Gasteiger partial charge in [0.25, 0.3) is 5.91 Å². The van der Waals surface area contributed by atoms with E-state index in [2.05, 4.69) is 69.5 Å². The highest BCUT2D eigenvalue weighted by Gasteiger charge is 2.37. The Hall–Kier alpha value is -5.53. The Kier molecular flexibility index (Phi) is 9.16. The molecule has 1 unspecified atom stereocenters. The molecule has 0 bridgehead atoms. The van der Waals surface area contributed by atoms with Gasteiger partial charge < -0.3 is 29.2 Å². The fraction of sp³-hybridized carbons (Fsp3) is 0.419. The molecule has 2 fully saturated rings. The molecule has 0 spiro atoms. The van der Waals surface area contributed by atoms with Crippen LogP contribution in [-0.2, 0) is 28.9 Å². The maximum Gasteiger partial charge on any atom is 0.276 e. The number of hydrogen-bond donors (Lipinski definition) is 2. The van der Waals surface area contributed by atoms with Crippen LogP contribution in [0.1, 0.15) is 60.9 Å². The minimum absolute atomic E-state index is 0.0185. The van der Waals surface area contributed by atoms with E-state index < -0.39 is 0 Å². The number of fused-ring (bicyclic) bond motifs is 4. The lowest BCUT2D eigenvalue weighted by atomic mass is 9.90. The number of benzene rings is 1. The first kappa shape index (κ1) is 36.1. The van der Waals surface area contributed by atoms with Gasteiger partial charge in [0, 0.05) is 105 Å². The number of hydrogen-bond acceptors (Lipinski definition) is 9. The van der Waals surface area contributed by atoms with Crippen LogP contribution in [0.15, 0.2) is 67.8 Å². The molecule has 2 N–H and O–H groups in total. The van der Waals surface area contributed by atoms with Crippen LogP contribution in [0.5, 0.6) is 0 Å². The summed E-state index contributed by atoms with van der Waals surface area (Å²) in [5.74, 6) is 0.908. The van der Waals surface area contributed by atoms with Crippen molar-refractivity contribution in [1.29, 1.82) is 0 Å². The zero-order chi connectivity index (χ0) is 38.7. The third-order valence-electron chi connectivity index (χ3n) is 12.1. The fourth-order valence-corrected chi connectivity index (χ4v) is 9.34. The molecule has 1 atom stereocenters. The number of rotatable bonds is 8. The first-order valence-electron chi connectivity index (χ1n) is 19.8. The number of nitrogens with zero attached hydrogens (tertiary/aromatic N) is 8. The standard InChI is InChI=1S/C43H50N10O3/c1-6-38(54)47-33-22-30(7-8-35(33)51-16-15-49(25-27(51)2)31-10-19-56-20-11-31)46-39-41-45-13-14-50(41)26-34(48-39)32-9-12-44-40(28(32)3)53-18-17-52-36(42(53)55)21-29-23-43(4,5)24-37(29)52/h6-9,12-14,21-22,26-27,31H,1,10-11,15-20,23-25H2,2-5H3,(H,46,48)(H,47,54). The van der Waals surface area contributed by atoms with E-state index in [1.807, 2.05) is 46.8 Å². The molecule has 1 aromatic carbocycles. The molecule has 290 valence electrons. The van der Waals surface area contributed by atoms with Crippen LogP contribution >= 0.6 is 0 Å². The number of carbonyl (C=O) groups excluding carboxylic acids is 2. The van der Waals surface area contributed by atoms with Crippen LogP contribution < -0.4 is 20.4 Å². The lowest BCUT2D eigenvalue weighted by Gasteiger charge is -2.45. The molecule has 2 saturated heterocycles. The van der Waals surface area contributed by atoms with Crippen molar-refractivity contribution in [3.8, 4) is 11.3 Å². The minimum atomic E-state index is -0.273. The topological polar surface area (TPSA) is 125 Å². The minimum Gasteiger partial charge on any atom is -0.381 e. The molecule has 0 radical (unpaired) electrons. The zero-order valence-electron chi connectivity index (χ0n) is 32.7. The van der Waals surface area contributed by atoms with Gasteiger partial charge in [-0.25, -0.2) is 15.0 Å². The molecule has 13 nitrogen and oxygen atoms in total. The van der Waals surface area contributed by atoms with Crippen molar-refractivity contribution in [3.63, 3.8) is 0 Å². The van der Waals surface area contributed by atoms with E-state index in [4.69, 9.17) is 14.7 Å². The van der Waals surface area contributed by atoms with Crippen LogP contribution in [0.4, 0.5) is 28.7 Å². The summed E-state index contributed by atoms with van der Waals surface area (Å²) in [6.45, 7) is 18.2. The quantitative estimate of drug-likeness (QED) is 0.177. The van der Waals surface area contributed by atoms with E-state index >= 15 is 0 Å².